The molecule has 1 heterocycles. The second-order valence-corrected chi connectivity index (χ2v) is 5.55. The van der Waals surface area contributed by atoms with Gasteiger partial charge in [-0.1, -0.05) is 36.4 Å². The fraction of sp³-hybridized carbons (Fsp3) is 0.353. The maximum atomic E-state index is 12.0. The van der Waals surface area contributed by atoms with Crippen LogP contribution in [0.4, 0.5) is 0 Å². The zero-order valence-electron chi connectivity index (χ0n) is 12.1. The highest BCUT2D eigenvalue weighted by Gasteiger charge is 2.26. The number of nitrogens with one attached hydrogen (secondary N) is 1. The first-order chi connectivity index (χ1) is 10.3. The number of hydrogen-bond donors (Lipinski definition) is 2. The Kier molecular flexibility index (Phi) is 4.18. The van der Waals surface area contributed by atoms with Gasteiger partial charge in [0.2, 0.25) is 5.91 Å². The third-order valence-electron chi connectivity index (χ3n) is 4.10. The zero-order chi connectivity index (χ0) is 14.7. The van der Waals surface area contributed by atoms with Gasteiger partial charge in [-0.25, -0.2) is 0 Å². The second-order valence-electron chi connectivity index (χ2n) is 5.55. The van der Waals surface area contributed by atoms with E-state index in [-0.39, 0.29) is 11.9 Å². The summed E-state index contributed by atoms with van der Waals surface area (Å²) in [4.78, 5) is 14.2. The van der Waals surface area contributed by atoms with Gasteiger partial charge < -0.3 is 11.1 Å². The number of carbonyl (C=O) groups is 1. The van der Waals surface area contributed by atoms with Crippen LogP contribution in [0.15, 0.2) is 42.5 Å². The van der Waals surface area contributed by atoms with Crippen molar-refractivity contribution < 1.29 is 4.79 Å². The van der Waals surface area contributed by atoms with Crippen molar-refractivity contribution >= 4 is 16.7 Å². The molecule has 0 aliphatic carbocycles. The molecule has 3 N–H and O–H groups in total. The van der Waals surface area contributed by atoms with Crippen LogP contribution < -0.4 is 11.1 Å². The molecule has 2 aromatic carbocycles. The molecular formula is C17H21N3O. The Bertz CT molecular complexity index is 633. The maximum absolute atomic E-state index is 12.0. The van der Waals surface area contributed by atoms with Gasteiger partial charge in [-0.2, -0.15) is 0 Å². The van der Waals surface area contributed by atoms with Gasteiger partial charge in [-0.15, -0.1) is 0 Å². The summed E-state index contributed by atoms with van der Waals surface area (Å²) >= 11 is 0. The lowest BCUT2D eigenvalue weighted by Gasteiger charge is -2.28. The predicted molar refractivity (Wildman–Crippen MR) is 84.9 cm³/mol. The number of rotatable bonds is 3. The largest absolute Gasteiger partial charge is 0.368 e. The van der Waals surface area contributed by atoms with Crippen LogP contribution in [0.1, 0.15) is 18.0 Å². The van der Waals surface area contributed by atoms with Gasteiger partial charge in [0.1, 0.15) is 6.04 Å². The van der Waals surface area contributed by atoms with Crippen LogP contribution >= 0.6 is 0 Å². The van der Waals surface area contributed by atoms with Crippen LogP contribution in [0, 0.1) is 0 Å². The summed E-state index contributed by atoms with van der Waals surface area (Å²) in [5.41, 5.74) is 6.68. The van der Waals surface area contributed by atoms with Crippen LogP contribution in [-0.2, 0) is 4.79 Å². The monoisotopic (exact) mass is 283 g/mol. The molecule has 0 bridgehead atoms. The SMILES string of the molecule is NC(=O)C(c1ccc2ccccc2c1)N1CCCNCC1. The summed E-state index contributed by atoms with van der Waals surface area (Å²) in [6.07, 6.45) is 1.04. The number of amides is 1. The molecule has 1 saturated heterocycles. The van der Waals surface area contributed by atoms with Crippen molar-refractivity contribution in [2.45, 2.75) is 12.5 Å². The first-order valence-corrected chi connectivity index (χ1v) is 7.48. The third kappa shape index (κ3) is 3.06. The summed E-state index contributed by atoms with van der Waals surface area (Å²) in [7, 11) is 0. The van der Waals surface area contributed by atoms with Crippen LogP contribution in [0.25, 0.3) is 10.8 Å². The number of hydrogen-bond acceptors (Lipinski definition) is 3. The molecule has 1 atom stereocenters. The molecule has 1 aliphatic rings. The molecule has 2 aromatic rings. The van der Waals surface area contributed by atoms with Crippen molar-refractivity contribution in [3.05, 3.63) is 48.0 Å². The van der Waals surface area contributed by atoms with Crippen LogP contribution in [0.5, 0.6) is 0 Å². The smallest absolute Gasteiger partial charge is 0.239 e. The molecule has 1 aliphatic heterocycles. The van der Waals surface area contributed by atoms with E-state index in [0.29, 0.717) is 0 Å². The Hall–Kier alpha value is -1.91. The number of benzene rings is 2. The minimum atomic E-state index is -0.338. The quantitative estimate of drug-likeness (QED) is 0.900. The van der Waals surface area contributed by atoms with E-state index in [1.54, 1.807) is 0 Å². The Labute approximate surface area is 124 Å². The molecule has 3 rings (SSSR count). The number of carbonyl (C=O) groups excluding carboxylic acids is 1. The number of nitrogens with two attached hydrogens (primary N) is 1. The average Bonchev–Trinajstić information content (AvgIpc) is 2.76. The summed E-state index contributed by atoms with van der Waals surface area (Å²) < 4.78 is 0. The number of nitrogens with zero attached hydrogens (tertiary/aromatic N) is 1. The van der Waals surface area contributed by atoms with Gasteiger partial charge in [0, 0.05) is 19.6 Å². The highest BCUT2D eigenvalue weighted by Crippen LogP contribution is 2.25. The van der Waals surface area contributed by atoms with Crippen molar-refractivity contribution in [2.75, 3.05) is 26.2 Å². The molecule has 4 heteroatoms. The lowest BCUT2D eigenvalue weighted by atomic mass is 10.00. The molecule has 1 amide bonds. The molecule has 0 saturated carbocycles. The lowest BCUT2D eigenvalue weighted by molar-refractivity contribution is -0.123. The normalized spacial score (nSPS) is 18.3. The first-order valence-electron chi connectivity index (χ1n) is 7.48. The van der Waals surface area contributed by atoms with Crippen molar-refractivity contribution in [1.82, 2.24) is 10.2 Å². The van der Waals surface area contributed by atoms with Gasteiger partial charge in [0.15, 0.2) is 0 Å². The summed E-state index contributed by atoms with van der Waals surface area (Å²) in [6, 6.07) is 14.0. The Morgan fingerprint density at radius 1 is 1.10 bits per heavy atom. The van der Waals surface area contributed by atoms with Crippen LogP contribution in [-0.4, -0.2) is 37.0 Å². The minimum absolute atomic E-state index is 0.271. The van der Waals surface area contributed by atoms with E-state index in [1.807, 2.05) is 18.2 Å². The highest BCUT2D eigenvalue weighted by molar-refractivity contribution is 5.86. The third-order valence-corrected chi connectivity index (χ3v) is 4.10. The molecule has 21 heavy (non-hydrogen) atoms. The summed E-state index contributed by atoms with van der Waals surface area (Å²) in [5, 5.41) is 5.69. The van der Waals surface area contributed by atoms with Gasteiger partial charge in [-0.05, 0) is 35.4 Å². The van der Waals surface area contributed by atoms with E-state index in [1.165, 1.54) is 5.39 Å². The summed E-state index contributed by atoms with van der Waals surface area (Å²) in [6.45, 7) is 3.64. The van der Waals surface area contributed by atoms with Gasteiger partial charge in [0.25, 0.3) is 0 Å². The van der Waals surface area contributed by atoms with Crippen molar-refractivity contribution in [3.8, 4) is 0 Å². The van der Waals surface area contributed by atoms with Crippen LogP contribution in [0.3, 0.4) is 0 Å². The number of primary amides is 1. The zero-order valence-corrected chi connectivity index (χ0v) is 12.1. The van der Waals surface area contributed by atoms with E-state index >= 15 is 0 Å². The summed E-state index contributed by atoms with van der Waals surface area (Å²) in [5.74, 6) is -0.271. The molecule has 0 spiro atoms. The Morgan fingerprint density at radius 2 is 1.90 bits per heavy atom. The molecule has 1 fully saturated rings. The maximum Gasteiger partial charge on any atom is 0.239 e. The molecular weight excluding hydrogens is 262 g/mol. The topological polar surface area (TPSA) is 58.4 Å². The van der Waals surface area contributed by atoms with Gasteiger partial charge >= 0.3 is 0 Å². The molecule has 110 valence electrons. The molecule has 0 aromatic heterocycles. The molecule has 1 unspecified atom stereocenters. The minimum Gasteiger partial charge on any atom is -0.368 e. The lowest BCUT2D eigenvalue weighted by Crippen LogP contribution is -2.39. The van der Waals surface area contributed by atoms with E-state index in [0.717, 1.165) is 43.5 Å². The standard InChI is InChI=1S/C17H21N3O/c18-17(21)16(20-10-3-8-19-9-11-20)15-7-6-13-4-1-2-5-14(13)12-15/h1-2,4-7,12,16,19H,3,8-11H2,(H2,18,21). The van der Waals surface area contributed by atoms with Crippen LogP contribution in [0.2, 0.25) is 0 Å². The van der Waals surface area contributed by atoms with Crippen molar-refractivity contribution in [2.24, 2.45) is 5.73 Å². The molecule has 0 radical (unpaired) electrons. The van der Waals surface area contributed by atoms with E-state index in [9.17, 15) is 4.79 Å². The highest BCUT2D eigenvalue weighted by atomic mass is 16.1. The van der Waals surface area contributed by atoms with Gasteiger partial charge in [0.05, 0.1) is 0 Å². The van der Waals surface area contributed by atoms with E-state index < -0.39 is 0 Å². The fourth-order valence-electron chi connectivity index (χ4n) is 3.06. The Balaban J connectivity index is 1.96. The average molecular weight is 283 g/mol. The van der Waals surface area contributed by atoms with E-state index in [2.05, 4.69) is 34.5 Å². The second kappa shape index (κ2) is 6.24. The van der Waals surface area contributed by atoms with Gasteiger partial charge in [-0.3, -0.25) is 9.69 Å². The van der Waals surface area contributed by atoms with E-state index in [4.69, 9.17) is 5.73 Å². The first kappa shape index (κ1) is 14.0. The van der Waals surface area contributed by atoms with Crippen molar-refractivity contribution in [1.29, 1.82) is 0 Å². The Morgan fingerprint density at radius 3 is 2.71 bits per heavy atom. The number of fused-ring (bicyclic) bond motifs is 1. The predicted octanol–water partition coefficient (Wildman–Crippen LogP) is 1.66. The fourth-order valence-corrected chi connectivity index (χ4v) is 3.06. The molecule has 4 nitrogen and oxygen atoms in total. The van der Waals surface area contributed by atoms with Crippen molar-refractivity contribution in [3.63, 3.8) is 0 Å².